The van der Waals surface area contributed by atoms with Crippen molar-refractivity contribution in [1.82, 2.24) is 0 Å². The lowest BCUT2D eigenvalue weighted by atomic mass is 10.2. The Morgan fingerprint density at radius 3 is 1.19 bits per heavy atom. The number of hydrogen-bond acceptors (Lipinski definition) is 4. The van der Waals surface area contributed by atoms with E-state index >= 15 is 0 Å². The van der Waals surface area contributed by atoms with Crippen LogP contribution in [0.1, 0.15) is 11.1 Å². The summed E-state index contributed by atoms with van der Waals surface area (Å²) in [5.74, 6) is 0. The molecule has 0 fully saturated rings. The normalized spacial score (nSPS) is 12.3. The molecule has 0 radical (unpaired) electrons. The van der Waals surface area contributed by atoms with Crippen LogP contribution in [0.3, 0.4) is 0 Å². The largest absolute Gasteiger partial charge is 0.219 e. The summed E-state index contributed by atoms with van der Waals surface area (Å²) in [6.07, 6.45) is 0. The average Bonchev–Trinajstić information content (AvgIpc) is 2.38. The van der Waals surface area contributed by atoms with E-state index in [-0.39, 0.29) is 9.79 Å². The van der Waals surface area contributed by atoms with Gasteiger partial charge in [0.15, 0.2) is 0 Å². The van der Waals surface area contributed by atoms with Gasteiger partial charge in [0.1, 0.15) is 6.98 Å². The highest BCUT2D eigenvalue weighted by atomic mass is 33.1. The highest BCUT2D eigenvalue weighted by molar-refractivity contribution is 8.75. The molecular formula is C14H15O4PS2. The summed E-state index contributed by atoms with van der Waals surface area (Å²) < 4.78 is 48.9. The minimum Gasteiger partial charge on any atom is -0.219 e. The van der Waals surface area contributed by atoms with Crippen molar-refractivity contribution in [2.24, 2.45) is 0 Å². The summed E-state index contributed by atoms with van der Waals surface area (Å²) in [7, 11) is -7.71. The zero-order chi connectivity index (χ0) is 15.7. The van der Waals surface area contributed by atoms with E-state index in [1.807, 2.05) is 13.8 Å². The molecule has 2 rings (SSSR count). The van der Waals surface area contributed by atoms with Crippen LogP contribution in [0.2, 0.25) is 0 Å². The van der Waals surface area contributed by atoms with Crippen LogP contribution in [0.5, 0.6) is 0 Å². The van der Waals surface area contributed by atoms with E-state index in [4.69, 9.17) is 0 Å². The molecule has 112 valence electrons. The van der Waals surface area contributed by atoms with Crippen molar-refractivity contribution in [3.63, 3.8) is 0 Å². The topological polar surface area (TPSA) is 68.3 Å². The highest BCUT2D eigenvalue weighted by Gasteiger charge is 2.26. The molecule has 0 aliphatic carbocycles. The third-order valence-corrected chi connectivity index (χ3v) is 11.8. The first-order valence-electron chi connectivity index (χ1n) is 6.13. The molecular weight excluding hydrogens is 327 g/mol. The van der Waals surface area contributed by atoms with E-state index < -0.39 is 25.9 Å². The van der Waals surface area contributed by atoms with Crippen molar-refractivity contribution < 1.29 is 16.8 Å². The molecule has 7 heteroatoms. The maximum atomic E-state index is 12.2. The predicted molar refractivity (Wildman–Crippen MR) is 85.0 cm³/mol. The molecule has 0 spiro atoms. The van der Waals surface area contributed by atoms with Gasteiger partial charge in [-0.15, -0.1) is 0 Å². The Morgan fingerprint density at radius 2 is 0.905 bits per heavy atom. The molecule has 0 aliphatic heterocycles. The molecule has 0 bridgehead atoms. The molecule has 0 saturated carbocycles. The molecule has 0 saturated heterocycles. The van der Waals surface area contributed by atoms with Crippen LogP contribution in [0.15, 0.2) is 58.3 Å². The molecule has 4 nitrogen and oxygen atoms in total. The van der Waals surface area contributed by atoms with Crippen molar-refractivity contribution in [2.45, 2.75) is 23.6 Å². The van der Waals surface area contributed by atoms with Crippen LogP contribution in [0.25, 0.3) is 0 Å². The Kier molecular flexibility index (Phi) is 4.51. The molecule has 0 heterocycles. The van der Waals surface area contributed by atoms with Gasteiger partial charge in [-0.1, -0.05) is 35.4 Å². The lowest BCUT2D eigenvalue weighted by Gasteiger charge is -2.07. The minimum atomic E-state index is -3.85. The van der Waals surface area contributed by atoms with Gasteiger partial charge in [-0.2, -0.15) is 0 Å². The minimum absolute atomic E-state index is 0.0297. The fourth-order valence-electron chi connectivity index (χ4n) is 1.68. The average molecular weight is 342 g/mol. The maximum absolute atomic E-state index is 12.2. The van der Waals surface area contributed by atoms with Gasteiger partial charge in [0.25, 0.3) is 0 Å². The van der Waals surface area contributed by atoms with E-state index in [1.54, 1.807) is 24.3 Å². The van der Waals surface area contributed by atoms with Crippen LogP contribution in [0, 0.1) is 13.8 Å². The Balaban J connectivity index is 2.35. The zero-order valence-corrected chi connectivity index (χ0v) is 14.2. The monoisotopic (exact) mass is 342 g/mol. The van der Waals surface area contributed by atoms with Gasteiger partial charge < -0.3 is 0 Å². The van der Waals surface area contributed by atoms with Crippen LogP contribution in [0.4, 0.5) is 0 Å². The zero-order valence-electron chi connectivity index (χ0n) is 11.6. The van der Waals surface area contributed by atoms with Crippen LogP contribution in [-0.2, 0) is 18.9 Å². The Morgan fingerprint density at radius 1 is 0.619 bits per heavy atom. The molecule has 2 aromatic carbocycles. The summed E-state index contributed by atoms with van der Waals surface area (Å²) >= 11 is 0. The standard InChI is InChI=1S/C14H15O4PS2/c1-11-3-7-13(8-4-11)20(15,16)19-21(17,18)14-9-5-12(2)6-10-14/h3-10,19H,1-2H3. The first-order valence-corrected chi connectivity index (χ1v) is 11.5. The number of rotatable bonds is 4. The number of aryl methyl sites for hydroxylation is 2. The molecule has 0 aliphatic rings. The van der Waals surface area contributed by atoms with Gasteiger partial charge in [-0.3, -0.25) is 0 Å². The smallest absolute Gasteiger partial charge is 0.207 e. The van der Waals surface area contributed by atoms with Gasteiger partial charge in [-0.25, -0.2) is 16.8 Å². The van der Waals surface area contributed by atoms with Crippen molar-refractivity contribution in [2.75, 3.05) is 0 Å². The second-order valence-corrected chi connectivity index (χ2v) is 13.1. The summed E-state index contributed by atoms with van der Waals surface area (Å²) in [5.41, 5.74) is 1.83. The first kappa shape index (κ1) is 16.1. The maximum Gasteiger partial charge on any atom is 0.207 e. The fourth-order valence-corrected chi connectivity index (χ4v) is 9.74. The van der Waals surface area contributed by atoms with Crippen LogP contribution >= 0.6 is 6.98 Å². The Labute approximate surface area is 126 Å². The molecule has 0 aromatic heterocycles. The SMILES string of the molecule is Cc1ccc(S(=O)(=O)PS(=O)(=O)c2ccc(C)cc2)cc1. The van der Waals surface area contributed by atoms with Crippen LogP contribution in [-0.4, -0.2) is 16.8 Å². The molecule has 2 aromatic rings. The van der Waals surface area contributed by atoms with E-state index in [2.05, 4.69) is 0 Å². The highest BCUT2D eigenvalue weighted by Crippen LogP contribution is 2.39. The second-order valence-electron chi connectivity index (χ2n) is 4.72. The van der Waals surface area contributed by atoms with Crippen molar-refractivity contribution in [3.8, 4) is 0 Å². The number of benzene rings is 2. The van der Waals surface area contributed by atoms with Gasteiger partial charge in [0.2, 0.25) is 18.9 Å². The Hall–Kier alpha value is -1.23. The molecule has 0 amide bonds. The van der Waals surface area contributed by atoms with Gasteiger partial charge >= 0.3 is 0 Å². The molecule has 0 unspecified atom stereocenters. The molecule has 0 atom stereocenters. The van der Waals surface area contributed by atoms with E-state index in [9.17, 15) is 16.8 Å². The summed E-state index contributed by atoms with van der Waals surface area (Å²) in [6.45, 7) is 2.45. The third kappa shape index (κ3) is 3.90. The summed E-state index contributed by atoms with van der Waals surface area (Å²) in [5, 5.41) is 0. The van der Waals surface area contributed by atoms with Gasteiger partial charge in [-0.05, 0) is 38.1 Å². The summed E-state index contributed by atoms with van der Waals surface area (Å²) in [4.78, 5) is 0.0595. The quantitative estimate of drug-likeness (QED) is 0.801. The predicted octanol–water partition coefficient (Wildman–Crippen LogP) is 3.06. The Bertz CT molecular complexity index is 763. The van der Waals surface area contributed by atoms with Crippen molar-refractivity contribution in [1.29, 1.82) is 0 Å². The number of hydrogen-bond donors (Lipinski definition) is 0. The van der Waals surface area contributed by atoms with Gasteiger partial charge in [0.05, 0.1) is 9.79 Å². The van der Waals surface area contributed by atoms with Gasteiger partial charge in [0, 0.05) is 0 Å². The molecule has 0 N–H and O–H groups in total. The first-order chi connectivity index (χ1) is 9.71. The fraction of sp³-hybridized carbons (Fsp3) is 0.143. The van der Waals surface area contributed by atoms with E-state index in [0.29, 0.717) is 0 Å². The second kappa shape index (κ2) is 5.87. The summed E-state index contributed by atoms with van der Waals surface area (Å²) in [6, 6.07) is 12.3. The van der Waals surface area contributed by atoms with Crippen molar-refractivity contribution in [3.05, 3.63) is 59.7 Å². The van der Waals surface area contributed by atoms with E-state index in [1.165, 1.54) is 24.3 Å². The van der Waals surface area contributed by atoms with Crippen molar-refractivity contribution >= 4 is 25.9 Å². The van der Waals surface area contributed by atoms with E-state index in [0.717, 1.165) is 11.1 Å². The van der Waals surface area contributed by atoms with Crippen LogP contribution < -0.4 is 0 Å². The lowest BCUT2D eigenvalue weighted by molar-refractivity contribution is 0.607. The molecule has 21 heavy (non-hydrogen) atoms. The third-order valence-electron chi connectivity index (χ3n) is 2.88. The lowest BCUT2D eigenvalue weighted by Crippen LogP contribution is -2.01.